The lowest BCUT2D eigenvalue weighted by Gasteiger charge is -2.23. The molecule has 0 bridgehead atoms. The van der Waals surface area contributed by atoms with E-state index in [-0.39, 0.29) is 0 Å². The van der Waals surface area contributed by atoms with Crippen molar-refractivity contribution in [2.75, 3.05) is 20.1 Å². The fraction of sp³-hybridized carbons (Fsp3) is 0.571. The first-order valence-electron chi connectivity index (χ1n) is 6.01. The molecule has 0 aromatic heterocycles. The van der Waals surface area contributed by atoms with Gasteiger partial charge in [-0.25, -0.2) is 0 Å². The Kier molecular flexibility index (Phi) is 3.42. The highest BCUT2D eigenvalue weighted by Gasteiger charge is 2.23. The van der Waals surface area contributed by atoms with Crippen molar-refractivity contribution in [2.45, 2.75) is 25.7 Å². The third-order valence-corrected chi connectivity index (χ3v) is 3.57. The van der Waals surface area contributed by atoms with E-state index in [0.29, 0.717) is 0 Å². The number of nitrogens with zero attached hydrogens (tertiary/aromatic N) is 1. The highest BCUT2D eigenvalue weighted by atomic mass is 15.1. The van der Waals surface area contributed by atoms with Crippen LogP contribution in [-0.2, 0) is 0 Å². The molecule has 1 fully saturated rings. The van der Waals surface area contributed by atoms with Crippen LogP contribution in [0.3, 0.4) is 0 Å². The molecule has 1 aromatic carbocycles. The van der Waals surface area contributed by atoms with Gasteiger partial charge < -0.3 is 4.90 Å². The zero-order valence-electron chi connectivity index (χ0n) is 9.82. The first-order chi connectivity index (χ1) is 7.27. The van der Waals surface area contributed by atoms with Crippen molar-refractivity contribution in [2.24, 2.45) is 5.92 Å². The van der Waals surface area contributed by atoms with Gasteiger partial charge in [-0.15, -0.1) is 0 Å². The Hall–Kier alpha value is -0.820. The molecule has 0 N–H and O–H groups in total. The van der Waals surface area contributed by atoms with Crippen molar-refractivity contribution in [3.8, 4) is 0 Å². The molecule has 1 aromatic rings. The quantitative estimate of drug-likeness (QED) is 0.678. The van der Waals surface area contributed by atoms with Gasteiger partial charge in [0, 0.05) is 6.54 Å². The minimum absolute atomic E-state index is 0.760. The monoisotopic (exact) mass is 203 g/mol. The lowest BCUT2D eigenvalue weighted by molar-refractivity contribution is 0.300. The van der Waals surface area contributed by atoms with Crippen LogP contribution < -0.4 is 0 Å². The SMILES string of the molecule is C[C@@H]1CN(C)CCC[C@@H]1c1ccccc1. The number of rotatable bonds is 1. The highest BCUT2D eigenvalue weighted by Crippen LogP contribution is 2.31. The Morgan fingerprint density at radius 2 is 1.93 bits per heavy atom. The van der Waals surface area contributed by atoms with Crippen molar-refractivity contribution >= 4 is 0 Å². The summed E-state index contributed by atoms with van der Waals surface area (Å²) in [5, 5.41) is 0. The summed E-state index contributed by atoms with van der Waals surface area (Å²) >= 11 is 0. The van der Waals surface area contributed by atoms with Gasteiger partial charge in [-0.1, -0.05) is 37.3 Å². The second-order valence-electron chi connectivity index (χ2n) is 4.90. The molecule has 0 aliphatic carbocycles. The van der Waals surface area contributed by atoms with Crippen molar-refractivity contribution in [3.63, 3.8) is 0 Å². The number of hydrogen-bond acceptors (Lipinski definition) is 1. The van der Waals surface area contributed by atoms with Crippen LogP contribution >= 0.6 is 0 Å². The van der Waals surface area contributed by atoms with Crippen LogP contribution in [0.2, 0.25) is 0 Å². The molecule has 0 radical (unpaired) electrons. The van der Waals surface area contributed by atoms with Gasteiger partial charge in [0.1, 0.15) is 0 Å². The lowest BCUT2D eigenvalue weighted by atomic mass is 9.85. The van der Waals surface area contributed by atoms with E-state index in [1.165, 1.54) is 31.5 Å². The molecule has 2 rings (SSSR count). The van der Waals surface area contributed by atoms with E-state index >= 15 is 0 Å². The summed E-state index contributed by atoms with van der Waals surface area (Å²) in [6, 6.07) is 11.0. The molecule has 1 nitrogen and oxygen atoms in total. The van der Waals surface area contributed by atoms with Crippen LogP contribution in [0.25, 0.3) is 0 Å². The molecule has 1 saturated heterocycles. The Morgan fingerprint density at radius 1 is 1.20 bits per heavy atom. The Morgan fingerprint density at radius 3 is 2.67 bits per heavy atom. The molecule has 2 atom stereocenters. The number of likely N-dealkylation sites (tertiary alicyclic amines) is 1. The van der Waals surface area contributed by atoms with E-state index in [1.807, 2.05) is 0 Å². The maximum atomic E-state index is 2.47. The van der Waals surface area contributed by atoms with Crippen LogP contribution in [0.4, 0.5) is 0 Å². The standard InChI is InChI=1S/C14H21N/c1-12-11-15(2)10-6-9-14(12)13-7-4-3-5-8-13/h3-5,7-8,12,14H,6,9-11H2,1-2H3/t12-,14+/m1/s1. The van der Waals surface area contributed by atoms with Gasteiger partial charge in [-0.3, -0.25) is 0 Å². The largest absolute Gasteiger partial charge is 0.306 e. The second kappa shape index (κ2) is 4.80. The second-order valence-corrected chi connectivity index (χ2v) is 4.90. The van der Waals surface area contributed by atoms with E-state index in [9.17, 15) is 0 Å². The van der Waals surface area contributed by atoms with Gasteiger partial charge in [-0.05, 0) is 43.8 Å². The molecule has 0 spiro atoms. The first-order valence-corrected chi connectivity index (χ1v) is 6.01. The third-order valence-electron chi connectivity index (χ3n) is 3.57. The Balaban J connectivity index is 2.14. The Bertz CT molecular complexity index is 293. The molecule has 1 heterocycles. The predicted molar refractivity (Wildman–Crippen MR) is 65.1 cm³/mol. The molecular formula is C14H21N. The molecule has 1 aliphatic rings. The van der Waals surface area contributed by atoms with Gasteiger partial charge in [0.25, 0.3) is 0 Å². The maximum absolute atomic E-state index is 2.47. The summed E-state index contributed by atoms with van der Waals surface area (Å²) in [6.45, 7) is 4.88. The fourth-order valence-corrected chi connectivity index (χ4v) is 2.77. The van der Waals surface area contributed by atoms with Gasteiger partial charge >= 0.3 is 0 Å². The van der Waals surface area contributed by atoms with Gasteiger partial charge in [0.2, 0.25) is 0 Å². The van der Waals surface area contributed by atoms with Crippen molar-refractivity contribution in [1.82, 2.24) is 4.90 Å². The zero-order valence-corrected chi connectivity index (χ0v) is 9.82. The molecule has 0 unspecified atom stereocenters. The molecule has 15 heavy (non-hydrogen) atoms. The average Bonchev–Trinajstić information content (AvgIpc) is 2.40. The smallest absolute Gasteiger partial charge is 0.000981 e. The first kappa shape index (κ1) is 10.7. The van der Waals surface area contributed by atoms with E-state index < -0.39 is 0 Å². The number of hydrogen-bond donors (Lipinski definition) is 0. The summed E-state index contributed by atoms with van der Waals surface area (Å²) in [5.74, 6) is 1.54. The van der Waals surface area contributed by atoms with Crippen molar-refractivity contribution in [1.29, 1.82) is 0 Å². The molecule has 0 saturated carbocycles. The molecule has 82 valence electrons. The fourth-order valence-electron chi connectivity index (χ4n) is 2.77. The minimum Gasteiger partial charge on any atom is -0.306 e. The van der Waals surface area contributed by atoms with Gasteiger partial charge in [0.15, 0.2) is 0 Å². The van der Waals surface area contributed by atoms with Crippen LogP contribution in [0, 0.1) is 5.92 Å². The normalized spacial score (nSPS) is 28.7. The molecule has 0 amide bonds. The van der Waals surface area contributed by atoms with Crippen LogP contribution in [0.1, 0.15) is 31.2 Å². The summed E-state index contributed by atoms with van der Waals surface area (Å²) < 4.78 is 0. The average molecular weight is 203 g/mol. The van der Waals surface area contributed by atoms with Gasteiger partial charge in [-0.2, -0.15) is 0 Å². The third kappa shape index (κ3) is 2.60. The predicted octanol–water partition coefficient (Wildman–Crippen LogP) is 3.13. The Labute approximate surface area is 93.1 Å². The van der Waals surface area contributed by atoms with Crippen molar-refractivity contribution in [3.05, 3.63) is 35.9 Å². The van der Waals surface area contributed by atoms with E-state index in [2.05, 4.69) is 49.2 Å². The van der Waals surface area contributed by atoms with Gasteiger partial charge in [0.05, 0.1) is 0 Å². The minimum atomic E-state index is 0.760. The summed E-state index contributed by atoms with van der Waals surface area (Å²) in [7, 11) is 2.24. The maximum Gasteiger partial charge on any atom is 0.000981 e. The van der Waals surface area contributed by atoms with Crippen molar-refractivity contribution < 1.29 is 0 Å². The van der Waals surface area contributed by atoms with E-state index in [0.717, 1.165) is 11.8 Å². The number of benzene rings is 1. The summed E-state index contributed by atoms with van der Waals surface area (Å²) in [6.07, 6.45) is 2.68. The zero-order chi connectivity index (χ0) is 10.7. The lowest BCUT2D eigenvalue weighted by Crippen LogP contribution is -2.24. The molecule has 1 aliphatic heterocycles. The topological polar surface area (TPSA) is 3.24 Å². The summed E-state index contributed by atoms with van der Waals surface area (Å²) in [5.41, 5.74) is 1.53. The summed E-state index contributed by atoms with van der Waals surface area (Å²) in [4.78, 5) is 2.47. The highest BCUT2D eigenvalue weighted by molar-refractivity contribution is 5.20. The van der Waals surface area contributed by atoms with Crippen LogP contribution in [-0.4, -0.2) is 25.0 Å². The molecule has 1 heteroatoms. The van der Waals surface area contributed by atoms with E-state index in [4.69, 9.17) is 0 Å². The van der Waals surface area contributed by atoms with Crippen LogP contribution in [0.5, 0.6) is 0 Å². The van der Waals surface area contributed by atoms with E-state index in [1.54, 1.807) is 0 Å². The molecular weight excluding hydrogens is 182 g/mol. The van der Waals surface area contributed by atoms with Crippen LogP contribution in [0.15, 0.2) is 30.3 Å².